The van der Waals surface area contributed by atoms with Gasteiger partial charge < -0.3 is 20.1 Å². The Morgan fingerprint density at radius 3 is 2.57 bits per heavy atom. The summed E-state index contributed by atoms with van der Waals surface area (Å²) in [6.07, 6.45) is 0.678. The minimum absolute atomic E-state index is 0.284. The third-order valence-electron chi connectivity index (χ3n) is 3.81. The van der Waals surface area contributed by atoms with Crippen molar-refractivity contribution in [3.8, 4) is 11.5 Å². The van der Waals surface area contributed by atoms with E-state index in [2.05, 4.69) is 10.2 Å². The van der Waals surface area contributed by atoms with E-state index in [4.69, 9.17) is 4.74 Å². The predicted molar refractivity (Wildman–Crippen MR) is 89.7 cm³/mol. The average Bonchev–Trinajstić information content (AvgIpc) is 2.89. The first-order valence-electron chi connectivity index (χ1n) is 7.69. The van der Waals surface area contributed by atoms with Crippen molar-refractivity contribution in [2.75, 3.05) is 23.4 Å². The molecule has 0 fully saturated rings. The van der Waals surface area contributed by atoms with Gasteiger partial charge in [-0.15, -0.1) is 0 Å². The van der Waals surface area contributed by atoms with Gasteiger partial charge in [-0.05, 0) is 56.7 Å². The molecule has 2 aromatic carbocycles. The first kappa shape index (κ1) is 15.6. The van der Waals surface area contributed by atoms with Crippen LogP contribution < -0.4 is 15.0 Å². The number of nitrogens with one attached hydrogen (secondary N) is 1. The van der Waals surface area contributed by atoms with Crippen molar-refractivity contribution in [3.63, 3.8) is 0 Å². The quantitative estimate of drug-likeness (QED) is 0.876. The van der Waals surface area contributed by atoms with Gasteiger partial charge in [0.25, 0.3) is 0 Å². The molecule has 0 aromatic heterocycles. The molecular formula is C18H21FN2O2. The minimum atomic E-state index is -0.690. The number of halogens is 1. The van der Waals surface area contributed by atoms with Crippen molar-refractivity contribution in [2.45, 2.75) is 25.9 Å². The summed E-state index contributed by atoms with van der Waals surface area (Å²) in [4.78, 5) is 2.17. The maximum Gasteiger partial charge on any atom is 0.129 e. The number of hydrogen-bond donors (Lipinski definition) is 2. The Hall–Kier alpha value is -2.27. The molecule has 1 aliphatic rings. The van der Waals surface area contributed by atoms with E-state index in [0.29, 0.717) is 24.6 Å². The Kier molecular flexibility index (Phi) is 4.13. The molecule has 0 amide bonds. The second-order valence-electron chi connectivity index (χ2n) is 6.40. The number of anilines is 2. The van der Waals surface area contributed by atoms with Crippen molar-refractivity contribution < 1.29 is 14.2 Å². The number of ether oxygens (including phenoxy) is 1. The summed E-state index contributed by atoms with van der Waals surface area (Å²) in [6, 6.07) is 11.8. The number of benzene rings is 2. The fraction of sp³-hybridized carbons (Fsp3) is 0.333. The third-order valence-corrected chi connectivity index (χ3v) is 3.81. The summed E-state index contributed by atoms with van der Waals surface area (Å²) in [6.45, 7) is 5.09. The zero-order chi connectivity index (χ0) is 16.4. The number of hydrogen-bond acceptors (Lipinski definition) is 4. The zero-order valence-corrected chi connectivity index (χ0v) is 13.3. The Morgan fingerprint density at radius 2 is 1.87 bits per heavy atom. The van der Waals surface area contributed by atoms with Crippen LogP contribution in [0.15, 0.2) is 42.5 Å². The van der Waals surface area contributed by atoms with Gasteiger partial charge in [-0.25, -0.2) is 4.39 Å². The van der Waals surface area contributed by atoms with E-state index < -0.39 is 5.60 Å². The fourth-order valence-corrected chi connectivity index (χ4v) is 2.50. The van der Waals surface area contributed by atoms with Crippen LogP contribution in [-0.2, 0) is 0 Å². The molecule has 0 aliphatic carbocycles. The summed E-state index contributed by atoms with van der Waals surface area (Å²) in [7, 11) is 0. The summed E-state index contributed by atoms with van der Waals surface area (Å²) < 4.78 is 18.7. The lowest BCUT2D eigenvalue weighted by molar-refractivity contribution is 0.0732. The Morgan fingerprint density at radius 1 is 1.17 bits per heavy atom. The fourth-order valence-electron chi connectivity index (χ4n) is 2.50. The second kappa shape index (κ2) is 6.08. The Bertz CT molecular complexity index is 680. The lowest BCUT2D eigenvalue weighted by Crippen LogP contribution is -2.30. The maximum absolute atomic E-state index is 12.9. The highest BCUT2D eigenvalue weighted by atomic mass is 19.1. The first-order valence-corrected chi connectivity index (χ1v) is 7.69. The van der Waals surface area contributed by atoms with Gasteiger partial charge in [0.1, 0.15) is 17.3 Å². The van der Waals surface area contributed by atoms with Gasteiger partial charge in [0.2, 0.25) is 0 Å². The molecule has 122 valence electrons. The molecule has 2 aromatic rings. The van der Waals surface area contributed by atoms with E-state index in [1.807, 2.05) is 32.0 Å². The van der Waals surface area contributed by atoms with Gasteiger partial charge in [-0.3, -0.25) is 0 Å². The van der Waals surface area contributed by atoms with Gasteiger partial charge in [-0.2, -0.15) is 0 Å². The number of nitrogens with zero attached hydrogens (tertiary/aromatic N) is 1. The van der Waals surface area contributed by atoms with Gasteiger partial charge in [0.15, 0.2) is 0 Å². The summed E-state index contributed by atoms with van der Waals surface area (Å²) in [5, 5.41) is 13.2. The number of fused-ring (bicyclic) bond motifs is 1. The largest absolute Gasteiger partial charge is 0.457 e. The monoisotopic (exact) mass is 316 g/mol. The molecule has 1 aliphatic heterocycles. The van der Waals surface area contributed by atoms with Crippen LogP contribution in [-0.4, -0.2) is 23.9 Å². The molecule has 0 saturated carbocycles. The molecule has 2 N–H and O–H groups in total. The van der Waals surface area contributed by atoms with Crippen molar-refractivity contribution in [3.05, 3.63) is 48.3 Å². The molecule has 0 saturated heterocycles. The normalized spacial score (nSPS) is 13.7. The second-order valence-corrected chi connectivity index (χ2v) is 6.40. The van der Waals surface area contributed by atoms with Gasteiger partial charge in [-0.1, -0.05) is 0 Å². The van der Waals surface area contributed by atoms with E-state index in [0.717, 1.165) is 17.9 Å². The van der Waals surface area contributed by atoms with Crippen LogP contribution in [0, 0.1) is 5.82 Å². The predicted octanol–water partition coefficient (Wildman–Crippen LogP) is 3.97. The van der Waals surface area contributed by atoms with Crippen molar-refractivity contribution in [1.29, 1.82) is 0 Å². The van der Waals surface area contributed by atoms with E-state index in [9.17, 15) is 9.50 Å². The van der Waals surface area contributed by atoms with Crippen molar-refractivity contribution >= 4 is 11.4 Å². The van der Waals surface area contributed by atoms with Crippen LogP contribution in [0.3, 0.4) is 0 Å². The summed E-state index contributed by atoms with van der Waals surface area (Å²) in [5.74, 6) is 1.01. The van der Waals surface area contributed by atoms with Gasteiger partial charge in [0.05, 0.1) is 23.6 Å². The van der Waals surface area contributed by atoms with Crippen LogP contribution >= 0.6 is 0 Å². The molecule has 4 nitrogen and oxygen atoms in total. The SMILES string of the molecule is CC(C)(O)CCN1CNc2ccc(Oc3ccc(F)cc3)cc21. The molecule has 1 heterocycles. The van der Waals surface area contributed by atoms with Crippen LogP contribution in [0.5, 0.6) is 11.5 Å². The number of aliphatic hydroxyl groups is 1. The maximum atomic E-state index is 12.9. The highest BCUT2D eigenvalue weighted by molar-refractivity contribution is 5.76. The molecule has 23 heavy (non-hydrogen) atoms. The van der Waals surface area contributed by atoms with Crippen LogP contribution in [0.25, 0.3) is 0 Å². The van der Waals surface area contributed by atoms with E-state index >= 15 is 0 Å². The molecule has 0 unspecified atom stereocenters. The summed E-state index contributed by atoms with van der Waals surface area (Å²) in [5.41, 5.74) is 1.41. The topological polar surface area (TPSA) is 44.7 Å². The molecule has 0 atom stereocenters. The van der Waals surface area contributed by atoms with Gasteiger partial charge in [0, 0.05) is 12.6 Å². The van der Waals surface area contributed by atoms with Crippen LogP contribution in [0.1, 0.15) is 20.3 Å². The summed E-state index contributed by atoms with van der Waals surface area (Å²) >= 11 is 0. The molecular weight excluding hydrogens is 295 g/mol. The van der Waals surface area contributed by atoms with E-state index in [-0.39, 0.29) is 5.82 Å². The smallest absolute Gasteiger partial charge is 0.129 e. The Labute approximate surface area is 135 Å². The average molecular weight is 316 g/mol. The minimum Gasteiger partial charge on any atom is -0.457 e. The zero-order valence-electron chi connectivity index (χ0n) is 13.3. The third kappa shape index (κ3) is 3.93. The standard InChI is InChI=1S/C18H21FN2O2/c1-18(2,22)9-10-21-12-20-16-8-7-15(11-17(16)21)23-14-5-3-13(19)4-6-14/h3-8,11,20,22H,9-10,12H2,1-2H3. The molecule has 5 heteroatoms. The Balaban J connectivity index is 1.74. The molecule has 0 spiro atoms. The van der Waals surface area contributed by atoms with Gasteiger partial charge >= 0.3 is 0 Å². The molecule has 3 rings (SSSR count). The highest BCUT2D eigenvalue weighted by Crippen LogP contribution is 2.36. The molecule has 0 radical (unpaired) electrons. The van der Waals surface area contributed by atoms with E-state index in [1.165, 1.54) is 12.1 Å². The molecule has 0 bridgehead atoms. The highest BCUT2D eigenvalue weighted by Gasteiger charge is 2.22. The number of rotatable bonds is 5. The van der Waals surface area contributed by atoms with Crippen molar-refractivity contribution in [1.82, 2.24) is 0 Å². The first-order chi connectivity index (χ1) is 10.9. The lowest BCUT2D eigenvalue weighted by atomic mass is 10.1. The van der Waals surface area contributed by atoms with Crippen LogP contribution in [0.4, 0.5) is 15.8 Å². The van der Waals surface area contributed by atoms with Crippen molar-refractivity contribution in [2.24, 2.45) is 0 Å². The van der Waals surface area contributed by atoms with E-state index in [1.54, 1.807) is 12.1 Å². The van der Waals surface area contributed by atoms with Crippen LogP contribution in [0.2, 0.25) is 0 Å². The lowest BCUT2D eigenvalue weighted by Gasteiger charge is -2.23.